The Labute approximate surface area is 121 Å². The number of hydrogen-bond acceptors (Lipinski definition) is 4. The molecule has 2 aliphatic rings. The number of aliphatic imine (C=N–C) groups is 1. The Morgan fingerprint density at radius 1 is 1.05 bits per heavy atom. The minimum absolute atomic E-state index is 0.0620. The number of isocyanates is 1. The molecule has 2 aliphatic heterocycles. The van der Waals surface area contributed by atoms with Gasteiger partial charge in [0.1, 0.15) is 6.17 Å². The van der Waals surface area contributed by atoms with E-state index in [1.165, 1.54) is 10.4 Å². The first-order chi connectivity index (χ1) is 9.57. The molecule has 0 bridgehead atoms. The first-order valence-corrected chi connectivity index (χ1v) is 8.81. The van der Waals surface area contributed by atoms with Gasteiger partial charge < -0.3 is 0 Å². The van der Waals surface area contributed by atoms with E-state index < -0.39 is 16.4 Å². The Bertz CT molecular complexity index is 465. The normalized spacial score (nSPS) is 30.4. The van der Waals surface area contributed by atoms with Gasteiger partial charge in [-0.15, -0.1) is 0 Å². The van der Waals surface area contributed by atoms with Gasteiger partial charge in [0.2, 0.25) is 6.08 Å². The van der Waals surface area contributed by atoms with Crippen molar-refractivity contribution >= 4 is 16.3 Å². The molecule has 6 nitrogen and oxygen atoms in total. The summed E-state index contributed by atoms with van der Waals surface area (Å²) >= 11 is 0. The van der Waals surface area contributed by atoms with Crippen LogP contribution in [0, 0.1) is 5.92 Å². The van der Waals surface area contributed by atoms with Crippen LogP contribution in [0.2, 0.25) is 0 Å². The molecule has 7 heteroatoms. The Kier molecular flexibility index (Phi) is 5.32. The van der Waals surface area contributed by atoms with Gasteiger partial charge in [-0.3, -0.25) is 0 Å². The zero-order valence-corrected chi connectivity index (χ0v) is 12.8. The topological polar surface area (TPSA) is 70.1 Å². The molecule has 0 N–H and O–H groups in total. The molecule has 0 saturated carbocycles. The summed E-state index contributed by atoms with van der Waals surface area (Å²) in [5.41, 5.74) is 0. The fraction of sp³-hybridized carbons (Fsp3) is 0.923. The lowest BCUT2D eigenvalue weighted by molar-refractivity contribution is 0.181. The van der Waals surface area contributed by atoms with Crippen LogP contribution in [0.3, 0.4) is 0 Å². The predicted molar refractivity (Wildman–Crippen MR) is 76.0 cm³/mol. The standard InChI is InChI=1S/C13H23N3O3S/c1-12-7-6-10-16(13(12)14-11-17)20(18,19)15-8-4-2-3-5-9-15/h12-13H,2-10H2,1H3. The van der Waals surface area contributed by atoms with E-state index in [4.69, 9.17) is 0 Å². The van der Waals surface area contributed by atoms with Gasteiger partial charge in [0.25, 0.3) is 10.2 Å². The zero-order valence-electron chi connectivity index (χ0n) is 12.0. The monoisotopic (exact) mass is 301 g/mol. The highest BCUT2D eigenvalue weighted by atomic mass is 32.2. The molecule has 2 heterocycles. The van der Waals surface area contributed by atoms with Gasteiger partial charge in [-0.2, -0.15) is 22.0 Å². The summed E-state index contributed by atoms with van der Waals surface area (Å²) in [6.45, 7) is 3.53. The molecule has 0 aromatic heterocycles. The van der Waals surface area contributed by atoms with E-state index in [1.54, 1.807) is 4.31 Å². The lowest BCUT2D eigenvalue weighted by Crippen LogP contribution is -2.52. The molecule has 0 radical (unpaired) electrons. The maximum Gasteiger partial charge on any atom is 0.283 e. The minimum atomic E-state index is -3.52. The van der Waals surface area contributed by atoms with E-state index in [9.17, 15) is 13.2 Å². The van der Waals surface area contributed by atoms with Gasteiger partial charge in [0, 0.05) is 19.6 Å². The lowest BCUT2D eigenvalue weighted by Gasteiger charge is -2.38. The van der Waals surface area contributed by atoms with E-state index >= 15 is 0 Å². The van der Waals surface area contributed by atoms with Crippen molar-refractivity contribution in [2.45, 2.75) is 51.6 Å². The molecule has 0 amide bonds. The van der Waals surface area contributed by atoms with Crippen LogP contribution in [-0.2, 0) is 15.0 Å². The van der Waals surface area contributed by atoms with Gasteiger partial charge >= 0.3 is 0 Å². The van der Waals surface area contributed by atoms with Crippen molar-refractivity contribution < 1.29 is 13.2 Å². The van der Waals surface area contributed by atoms with Gasteiger partial charge in [-0.25, -0.2) is 4.79 Å². The minimum Gasteiger partial charge on any atom is -0.211 e. The highest BCUT2D eigenvalue weighted by Crippen LogP contribution is 2.28. The highest BCUT2D eigenvalue weighted by Gasteiger charge is 2.39. The third kappa shape index (κ3) is 3.28. The van der Waals surface area contributed by atoms with Crippen LogP contribution in [0.15, 0.2) is 4.99 Å². The molecule has 0 aliphatic carbocycles. The van der Waals surface area contributed by atoms with Crippen molar-refractivity contribution in [1.82, 2.24) is 8.61 Å². The van der Waals surface area contributed by atoms with Crippen molar-refractivity contribution in [3.63, 3.8) is 0 Å². The maximum absolute atomic E-state index is 12.8. The molecule has 0 aromatic carbocycles. The van der Waals surface area contributed by atoms with E-state index in [0.717, 1.165) is 38.5 Å². The van der Waals surface area contributed by atoms with Crippen LogP contribution >= 0.6 is 0 Å². The molecule has 0 aromatic rings. The molecular weight excluding hydrogens is 278 g/mol. The van der Waals surface area contributed by atoms with Crippen molar-refractivity contribution in [2.24, 2.45) is 10.9 Å². The SMILES string of the molecule is CC1CCCN(S(=O)(=O)N2CCCCCC2)C1N=C=O. The second-order valence-corrected chi connectivity index (χ2v) is 7.57. The summed E-state index contributed by atoms with van der Waals surface area (Å²) in [6.07, 6.45) is 6.63. The molecular formula is C13H23N3O3S. The van der Waals surface area contributed by atoms with Gasteiger partial charge in [-0.1, -0.05) is 19.8 Å². The average molecular weight is 301 g/mol. The Morgan fingerprint density at radius 2 is 1.70 bits per heavy atom. The molecule has 0 spiro atoms. The van der Waals surface area contributed by atoms with E-state index in [0.29, 0.717) is 19.6 Å². The largest absolute Gasteiger partial charge is 0.283 e. The number of piperidine rings is 1. The molecule has 2 unspecified atom stereocenters. The van der Waals surface area contributed by atoms with Crippen LogP contribution in [0.1, 0.15) is 45.4 Å². The van der Waals surface area contributed by atoms with E-state index in [2.05, 4.69) is 4.99 Å². The maximum atomic E-state index is 12.8. The van der Waals surface area contributed by atoms with Crippen LogP contribution in [0.25, 0.3) is 0 Å². The molecule has 2 atom stereocenters. The lowest BCUT2D eigenvalue weighted by atomic mass is 9.98. The summed E-state index contributed by atoms with van der Waals surface area (Å²) in [6, 6.07) is 0. The third-order valence-electron chi connectivity index (χ3n) is 4.21. The van der Waals surface area contributed by atoms with Crippen LogP contribution in [0.4, 0.5) is 0 Å². The number of hydrogen-bond donors (Lipinski definition) is 0. The number of carbonyl (C=O) groups excluding carboxylic acids is 1. The van der Waals surface area contributed by atoms with Crippen LogP contribution < -0.4 is 0 Å². The van der Waals surface area contributed by atoms with Crippen molar-refractivity contribution in [1.29, 1.82) is 0 Å². The van der Waals surface area contributed by atoms with Crippen molar-refractivity contribution in [3.05, 3.63) is 0 Å². The Hall–Kier alpha value is -0.750. The fourth-order valence-electron chi connectivity index (χ4n) is 3.05. The third-order valence-corrected chi connectivity index (χ3v) is 6.22. The molecule has 20 heavy (non-hydrogen) atoms. The van der Waals surface area contributed by atoms with Gasteiger partial charge in [0.05, 0.1) is 0 Å². The van der Waals surface area contributed by atoms with Crippen molar-refractivity contribution in [2.75, 3.05) is 19.6 Å². The Balaban J connectivity index is 2.23. The summed E-state index contributed by atoms with van der Waals surface area (Å²) < 4.78 is 28.5. The highest BCUT2D eigenvalue weighted by molar-refractivity contribution is 7.86. The van der Waals surface area contributed by atoms with Crippen LogP contribution in [0.5, 0.6) is 0 Å². The average Bonchev–Trinajstić information content (AvgIpc) is 2.70. The van der Waals surface area contributed by atoms with Crippen molar-refractivity contribution in [3.8, 4) is 0 Å². The zero-order chi connectivity index (χ0) is 14.6. The second-order valence-electron chi connectivity index (χ2n) is 5.69. The summed E-state index contributed by atoms with van der Waals surface area (Å²) in [4.78, 5) is 14.3. The number of rotatable bonds is 3. The molecule has 2 fully saturated rings. The van der Waals surface area contributed by atoms with Gasteiger partial charge in [0.15, 0.2) is 0 Å². The van der Waals surface area contributed by atoms with Crippen LogP contribution in [-0.4, -0.2) is 48.9 Å². The molecule has 2 saturated heterocycles. The first-order valence-electron chi connectivity index (χ1n) is 7.41. The first kappa shape index (κ1) is 15.6. The Morgan fingerprint density at radius 3 is 2.30 bits per heavy atom. The fourth-order valence-corrected chi connectivity index (χ4v) is 4.96. The summed E-state index contributed by atoms with van der Waals surface area (Å²) in [5, 5.41) is 0. The molecule has 2 rings (SSSR count). The predicted octanol–water partition coefficient (Wildman–Crippen LogP) is 1.50. The number of nitrogens with zero attached hydrogens (tertiary/aromatic N) is 3. The summed E-state index contributed by atoms with van der Waals surface area (Å²) in [7, 11) is -3.52. The van der Waals surface area contributed by atoms with E-state index in [1.807, 2.05) is 6.92 Å². The smallest absolute Gasteiger partial charge is 0.211 e. The second kappa shape index (κ2) is 6.80. The van der Waals surface area contributed by atoms with E-state index in [-0.39, 0.29) is 5.92 Å². The van der Waals surface area contributed by atoms with Gasteiger partial charge in [-0.05, 0) is 31.6 Å². The summed E-state index contributed by atoms with van der Waals surface area (Å²) in [5.74, 6) is 0.0620. The quantitative estimate of drug-likeness (QED) is 0.586. The molecule has 114 valence electrons.